The topological polar surface area (TPSA) is 139 Å². The molecule has 1 aliphatic rings. The minimum atomic E-state index is -4.76. The van der Waals surface area contributed by atoms with E-state index in [4.69, 9.17) is 10.5 Å². The molecule has 0 aliphatic carbocycles. The maximum absolute atomic E-state index is 13.9. The van der Waals surface area contributed by atoms with E-state index >= 15 is 0 Å². The summed E-state index contributed by atoms with van der Waals surface area (Å²) in [5.74, 6) is -1.53. The van der Waals surface area contributed by atoms with Gasteiger partial charge in [0.2, 0.25) is 5.91 Å². The number of aromatic nitrogens is 1. The van der Waals surface area contributed by atoms with Gasteiger partial charge in [-0.15, -0.1) is 0 Å². The van der Waals surface area contributed by atoms with Gasteiger partial charge in [-0.3, -0.25) is 9.59 Å². The quantitative estimate of drug-likeness (QED) is 0.400. The molecule has 1 aromatic heterocycles. The number of alkyl halides is 3. The second-order valence-corrected chi connectivity index (χ2v) is 8.99. The molecular weight excluding hydrogens is 479 g/mol. The number of nitrogens with zero attached hydrogens (tertiary/aromatic N) is 2. The summed E-state index contributed by atoms with van der Waals surface area (Å²) in [6.07, 6.45) is -3.25. The largest absolute Gasteiger partial charge is 0.496 e. The van der Waals surface area contributed by atoms with Crippen molar-refractivity contribution >= 4 is 29.0 Å². The van der Waals surface area contributed by atoms with Gasteiger partial charge < -0.3 is 30.5 Å². The van der Waals surface area contributed by atoms with Gasteiger partial charge in [0.25, 0.3) is 5.91 Å². The lowest BCUT2D eigenvalue weighted by Crippen LogP contribution is -2.35. The van der Waals surface area contributed by atoms with Crippen molar-refractivity contribution in [3.05, 3.63) is 29.5 Å². The van der Waals surface area contributed by atoms with Crippen LogP contribution in [-0.4, -0.2) is 48.9 Å². The van der Waals surface area contributed by atoms with Gasteiger partial charge in [0.05, 0.1) is 36.3 Å². The lowest BCUT2D eigenvalue weighted by atomic mass is 9.97. The van der Waals surface area contributed by atoms with E-state index in [1.54, 1.807) is 6.92 Å². The molecule has 9 nitrogen and oxygen atoms in total. The molecule has 2 heterocycles. The van der Waals surface area contributed by atoms with Gasteiger partial charge in [-0.05, 0) is 49.9 Å². The highest BCUT2D eigenvalue weighted by Gasteiger charge is 2.37. The van der Waals surface area contributed by atoms with Crippen LogP contribution in [0.3, 0.4) is 0 Å². The molecule has 2 amide bonds. The average Bonchev–Trinajstić information content (AvgIpc) is 3.42. The number of ether oxygens (including phenoxy) is 1. The minimum absolute atomic E-state index is 0.0122. The SMILES string of the molecule is COc1ccc(C(F)(F)F)c2c1cc(C(N)=O)n2[C@H](C=O)CC(C)CN[C@H](C#N)C[C@@H]1CCNC1=O. The van der Waals surface area contributed by atoms with Crippen LogP contribution in [-0.2, 0) is 15.8 Å². The summed E-state index contributed by atoms with van der Waals surface area (Å²) in [6.45, 7) is 2.59. The molecular formula is C24H28F3N5O4. The van der Waals surface area contributed by atoms with E-state index in [0.29, 0.717) is 25.7 Å². The number of halogens is 3. The first-order valence-corrected chi connectivity index (χ1v) is 11.5. The zero-order chi connectivity index (χ0) is 26.6. The molecule has 12 heteroatoms. The van der Waals surface area contributed by atoms with E-state index in [1.807, 2.05) is 0 Å². The molecule has 1 aliphatic heterocycles. The number of carbonyl (C=O) groups is 3. The zero-order valence-corrected chi connectivity index (χ0v) is 19.9. The van der Waals surface area contributed by atoms with Crippen LogP contribution in [0.25, 0.3) is 10.9 Å². The Kier molecular flexibility index (Phi) is 8.24. The van der Waals surface area contributed by atoms with E-state index in [1.165, 1.54) is 13.2 Å². The standard InChI is InChI=1S/C24H28F3N5O4/c1-13(11-31-15(10-28)8-14-5-6-30-23(14)35)7-16(12-33)32-19(22(29)34)9-17-20(36-2)4-3-18(21(17)32)24(25,26)27/h3-4,9,12-16,31H,5-8,11H2,1-2H3,(H2,29,34)(H,30,35)/t13?,14-,15-,16-/m0/s1. The van der Waals surface area contributed by atoms with Crippen molar-refractivity contribution in [1.29, 1.82) is 5.26 Å². The molecule has 4 atom stereocenters. The van der Waals surface area contributed by atoms with Crippen molar-refractivity contribution in [3.63, 3.8) is 0 Å². The van der Waals surface area contributed by atoms with Gasteiger partial charge in [0.15, 0.2) is 0 Å². The van der Waals surface area contributed by atoms with Crippen molar-refractivity contribution in [2.45, 2.75) is 44.4 Å². The highest BCUT2D eigenvalue weighted by Crippen LogP contribution is 2.41. The van der Waals surface area contributed by atoms with Crippen molar-refractivity contribution in [2.24, 2.45) is 17.6 Å². The van der Waals surface area contributed by atoms with Crippen LogP contribution in [0.1, 0.15) is 48.3 Å². The normalized spacial score (nSPS) is 18.3. The molecule has 2 aromatic rings. The van der Waals surface area contributed by atoms with E-state index < -0.39 is 29.7 Å². The van der Waals surface area contributed by atoms with E-state index in [-0.39, 0.29) is 53.1 Å². The minimum Gasteiger partial charge on any atom is -0.496 e. The van der Waals surface area contributed by atoms with Gasteiger partial charge in [-0.2, -0.15) is 18.4 Å². The predicted molar refractivity (Wildman–Crippen MR) is 124 cm³/mol. The third-order valence-electron chi connectivity index (χ3n) is 6.42. The summed E-state index contributed by atoms with van der Waals surface area (Å²) < 4.78 is 47.9. The smallest absolute Gasteiger partial charge is 0.418 e. The Morgan fingerprint density at radius 3 is 2.69 bits per heavy atom. The molecule has 36 heavy (non-hydrogen) atoms. The van der Waals surface area contributed by atoms with Crippen molar-refractivity contribution < 1.29 is 32.3 Å². The number of nitrogens with two attached hydrogens (primary N) is 1. The summed E-state index contributed by atoms with van der Waals surface area (Å²) in [5, 5.41) is 15.3. The number of primary amides is 1. The van der Waals surface area contributed by atoms with E-state index in [9.17, 15) is 32.8 Å². The Bertz CT molecular complexity index is 1190. The average molecular weight is 508 g/mol. The fraction of sp³-hybridized carbons (Fsp3) is 0.500. The number of aldehydes is 1. The molecule has 4 N–H and O–H groups in total. The molecule has 3 rings (SSSR count). The second kappa shape index (κ2) is 11.0. The van der Waals surface area contributed by atoms with Crippen molar-refractivity contribution in [1.82, 2.24) is 15.2 Å². The number of fused-ring (bicyclic) bond motifs is 1. The number of amides is 2. The number of hydrogen-bond donors (Lipinski definition) is 3. The third kappa shape index (κ3) is 5.62. The first kappa shape index (κ1) is 27.0. The maximum Gasteiger partial charge on any atom is 0.418 e. The number of rotatable bonds is 11. The van der Waals surface area contributed by atoms with Gasteiger partial charge in [0.1, 0.15) is 17.7 Å². The predicted octanol–water partition coefficient (Wildman–Crippen LogP) is 2.54. The first-order valence-electron chi connectivity index (χ1n) is 11.5. The van der Waals surface area contributed by atoms with Crippen LogP contribution in [0, 0.1) is 23.2 Å². The Labute approximate surface area is 205 Å². The maximum atomic E-state index is 13.9. The Morgan fingerprint density at radius 1 is 1.44 bits per heavy atom. The molecule has 1 fully saturated rings. The zero-order valence-electron chi connectivity index (χ0n) is 19.9. The Hall–Kier alpha value is -3.59. The number of hydrogen-bond acceptors (Lipinski definition) is 6. The fourth-order valence-electron chi connectivity index (χ4n) is 4.65. The molecule has 0 saturated carbocycles. The number of nitriles is 1. The monoisotopic (exact) mass is 507 g/mol. The molecule has 1 saturated heterocycles. The van der Waals surface area contributed by atoms with Gasteiger partial charge in [-0.1, -0.05) is 6.92 Å². The summed E-state index contributed by atoms with van der Waals surface area (Å²) >= 11 is 0. The van der Waals surface area contributed by atoms with Gasteiger partial charge >= 0.3 is 6.18 Å². The van der Waals surface area contributed by atoms with Crippen LogP contribution in [0.2, 0.25) is 0 Å². The first-order chi connectivity index (χ1) is 17.0. The molecule has 1 aromatic carbocycles. The van der Waals surface area contributed by atoms with Gasteiger partial charge in [-0.25, -0.2) is 0 Å². The molecule has 194 valence electrons. The Balaban J connectivity index is 1.89. The number of nitrogens with one attached hydrogen (secondary N) is 2. The van der Waals surface area contributed by atoms with E-state index in [0.717, 1.165) is 16.7 Å². The molecule has 0 spiro atoms. The number of benzene rings is 1. The molecule has 1 unspecified atom stereocenters. The van der Waals surface area contributed by atoms with Crippen LogP contribution < -0.4 is 21.1 Å². The fourth-order valence-corrected chi connectivity index (χ4v) is 4.65. The molecule has 0 bridgehead atoms. The highest BCUT2D eigenvalue weighted by atomic mass is 19.4. The second-order valence-electron chi connectivity index (χ2n) is 8.99. The lowest BCUT2D eigenvalue weighted by molar-refractivity contribution is -0.136. The number of methoxy groups -OCH3 is 1. The van der Waals surface area contributed by atoms with Crippen molar-refractivity contribution in [3.8, 4) is 11.8 Å². The van der Waals surface area contributed by atoms with Crippen LogP contribution >= 0.6 is 0 Å². The summed E-state index contributed by atoms with van der Waals surface area (Å²) in [4.78, 5) is 36.1. The van der Waals surface area contributed by atoms with Crippen LogP contribution in [0.5, 0.6) is 5.75 Å². The lowest BCUT2D eigenvalue weighted by Gasteiger charge is -2.23. The van der Waals surface area contributed by atoms with Crippen LogP contribution in [0.15, 0.2) is 18.2 Å². The third-order valence-corrected chi connectivity index (χ3v) is 6.42. The van der Waals surface area contributed by atoms with E-state index in [2.05, 4.69) is 16.7 Å². The Morgan fingerprint density at radius 2 is 2.17 bits per heavy atom. The summed E-state index contributed by atoms with van der Waals surface area (Å²) in [7, 11) is 1.29. The van der Waals surface area contributed by atoms with Gasteiger partial charge in [0, 0.05) is 17.8 Å². The summed E-state index contributed by atoms with van der Waals surface area (Å²) in [5.41, 5.74) is 3.84. The molecule has 0 radical (unpaired) electrons. The van der Waals surface area contributed by atoms with Crippen molar-refractivity contribution in [2.75, 3.05) is 20.2 Å². The van der Waals surface area contributed by atoms with Crippen LogP contribution in [0.4, 0.5) is 13.2 Å². The summed E-state index contributed by atoms with van der Waals surface area (Å²) in [6, 6.07) is 3.56. The highest BCUT2D eigenvalue weighted by molar-refractivity contribution is 6.01. The number of carbonyl (C=O) groups excluding carboxylic acids is 3.